The van der Waals surface area contributed by atoms with Crippen LogP contribution in [0.15, 0.2) is 24.3 Å². The van der Waals surface area contributed by atoms with E-state index in [2.05, 4.69) is 50.4 Å². The average Bonchev–Trinajstić information content (AvgIpc) is 2.31. The minimum Gasteiger partial charge on any atom is -0.396 e. The van der Waals surface area contributed by atoms with Gasteiger partial charge in [0, 0.05) is 12.1 Å². The van der Waals surface area contributed by atoms with E-state index in [0.29, 0.717) is 0 Å². The van der Waals surface area contributed by atoms with Crippen LogP contribution in [0.2, 0.25) is 0 Å². The molecular formula is C16H27NO. The molecule has 0 radical (unpaired) electrons. The fraction of sp³-hybridized carbons (Fsp3) is 0.625. The van der Waals surface area contributed by atoms with Gasteiger partial charge in [-0.15, -0.1) is 0 Å². The van der Waals surface area contributed by atoms with Crippen LogP contribution >= 0.6 is 0 Å². The second-order valence-corrected chi connectivity index (χ2v) is 5.60. The Morgan fingerprint density at radius 1 is 1.06 bits per heavy atom. The number of benzene rings is 1. The molecule has 0 spiro atoms. The van der Waals surface area contributed by atoms with Crippen LogP contribution in [0.5, 0.6) is 0 Å². The molecule has 0 aliphatic rings. The van der Waals surface area contributed by atoms with Crippen molar-refractivity contribution in [1.82, 2.24) is 5.32 Å². The summed E-state index contributed by atoms with van der Waals surface area (Å²) in [7, 11) is 0. The lowest BCUT2D eigenvalue weighted by Crippen LogP contribution is -2.41. The third kappa shape index (κ3) is 5.65. The van der Waals surface area contributed by atoms with Gasteiger partial charge in [0.2, 0.25) is 0 Å². The maximum Gasteiger partial charge on any atom is 0.0448 e. The molecule has 0 unspecified atom stereocenters. The number of aliphatic hydroxyl groups excluding tert-OH is 1. The Labute approximate surface area is 111 Å². The normalized spacial score (nSPS) is 11.8. The van der Waals surface area contributed by atoms with E-state index in [1.807, 2.05) is 0 Å². The summed E-state index contributed by atoms with van der Waals surface area (Å²) in [6.45, 7) is 7.67. The predicted octanol–water partition coefficient (Wildman–Crippen LogP) is 2.93. The average molecular weight is 249 g/mol. The van der Waals surface area contributed by atoms with Crippen LogP contribution in [0.1, 0.15) is 44.7 Å². The Morgan fingerprint density at radius 2 is 1.61 bits per heavy atom. The molecular weight excluding hydrogens is 222 g/mol. The highest BCUT2D eigenvalue weighted by molar-refractivity contribution is 5.22. The third-order valence-corrected chi connectivity index (χ3v) is 3.32. The molecule has 1 rings (SSSR count). The molecule has 0 aromatic heterocycles. The van der Waals surface area contributed by atoms with E-state index in [1.54, 1.807) is 0 Å². The van der Waals surface area contributed by atoms with Crippen LogP contribution in [0.3, 0.4) is 0 Å². The fourth-order valence-corrected chi connectivity index (χ4v) is 2.07. The van der Waals surface area contributed by atoms with Crippen LogP contribution in [0.25, 0.3) is 0 Å². The van der Waals surface area contributed by atoms with Gasteiger partial charge in [-0.25, -0.2) is 0 Å². The van der Waals surface area contributed by atoms with Crippen molar-refractivity contribution < 1.29 is 5.11 Å². The smallest absolute Gasteiger partial charge is 0.0448 e. The zero-order valence-electron chi connectivity index (χ0n) is 12.0. The molecule has 102 valence electrons. The minimum absolute atomic E-state index is 0.0247. The molecule has 0 heterocycles. The Hall–Kier alpha value is -0.860. The quantitative estimate of drug-likeness (QED) is 0.742. The summed E-state index contributed by atoms with van der Waals surface area (Å²) in [5.41, 5.74) is 2.83. The van der Waals surface area contributed by atoms with E-state index in [-0.39, 0.29) is 12.1 Å². The van der Waals surface area contributed by atoms with Crippen LogP contribution in [0.4, 0.5) is 0 Å². The molecule has 0 aliphatic heterocycles. The third-order valence-electron chi connectivity index (χ3n) is 3.32. The van der Waals surface area contributed by atoms with E-state index in [4.69, 9.17) is 5.11 Å². The van der Waals surface area contributed by atoms with E-state index < -0.39 is 0 Å². The fourth-order valence-electron chi connectivity index (χ4n) is 2.07. The predicted molar refractivity (Wildman–Crippen MR) is 77.9 cm³/mol. The minimum atomic E-state index is 0.0247. The van der Waals surface area contributed by atoms with Gasteiger partial charge in [0.1, 0.15) is 0 Å². The summed E-state index contributed by atoms with van der Waals surface area (Å²) in [4.78, 5) is 0. The molecule has 0 saturated carbocycles. The van der Waals surface area contributed by atoms with Gasteiger partial charge in [0.15, 0.2) is 0 Å². The van der Waals surface area contributed by atoms with Crippen molar-refractivity contribution in [3.8, 4) is 0 Å². The van der Waals surface area contributed by atoms with Crippen LogP contribution in [-0.4, -0.2) is 23.8 Å². The Balaban J connectivity index is 2.35. The van der Waals surface area contributed by atoms with Gasteiger partial charge < -0.3 is 10.4 Å². The molecule has 0 bridgehead atoms. The van der Waals surface area contributed by atoms with Crippen molar-refractivity contribution in [3.05, 3.63) is 35.4 Å². The first-order valence-electron chi connectivity index (χ1n) is 7.01. The van der Waals surface area contributed by atoms with Gasteiger partial charge in [-0.1, -0.05) is 37.6 Å². The van der Waals surface area contributed by atoms with E-state index in [9.17, 15) is 0 Å². The van der Waals surface area contributed by atoms with Crippen molar-refractivity contribution in [2.75, 3.05) is 13.2 Å². The number of aliphatic hydroxyl groups is 1. The summed E-state index contributed by atoms with van der Waals surface area (Å²) < 4.78 is 0. The maximum atomic E-state index is 8.96. The number of hydrogen-bond acceptors (Lipinski definition) is 2. The molecule has 0 aliphatic carbocycles. The zero-order valence-corrected chi connectivity index (χ0v) is 12.0. The first kappa shape index (κ1) is 15.2. The van der Waals surface area contributed by atoms with E-state index >= 15 is 0 Å². The highest BCUT2D eigenvalue weighted by Gasteiger charge is 2.15. The van der Waals surface area contributed by atoms with Gasteiger partial charge in [-0.05, 0) is 50.8 Å². The number of rotatable bonds is 8. The van der Waals surface area contributed by atoms with Gasteiger partial charge in [0.05, 0.1) is 0 Å². The van der Waals surface area contributed by atoms with Gasteiger partial charge >= 0.3 is 0 Å². The number of hydrogen-bond donors (Lipinski definition) is 2. The highest BCUT2D eigenvalue weighted by Crippen LogP contribution is 2.09. The van der Waals surface area contributed by atoms with Crippen molar-refractivity contribution >= 4 is 0 Å². The van der Waals surface area contributed by atoms with Gasteiger partial charge in [-0.3, -0.25) is 0 Å². The van der Waals surface area contributed by atoms with E-state index in [1.165, 1.54) is 24.0 Å². The van der Waals surface area contributed by atoms with Gasteiger partial charge in [-0.2, -0.15) is 0 Å². The molecule has 0 amide bonds. The first-order chi connectivity index (χ1) is 8.57. The molecule has 0 saturated heterocycles. The lowest BCUT2D eigenvalue weighted by molar-refractivity contribution is 0.231. The van der Waals surface area contributed by atoms with Crippen molar-refractivity contribution in [2.24, 2.45) is 0 Å². The monoisotopic (exact) mass is 249 g/mol. The number of nitrogens with one attached hydrogen (secondary N) is 1. The van der Waals surface area contributed by atoms with Crippen LogP contribution in [-0.2, 0) is 12.8 Å². The van der Waals surface area contributed by atoms with Crippen LogP contribution in [0, 0.1) is 0 Å². The molecule has 2 heteroatoms. The Bertz CT molecular complexity index is 329. The Kier molecular flexibility index (Phi) is 6.37. The van der Waals surface area contributed by atoms with Crippen molar-refractivity contribution in [2.45, 2.75) is 52.0 Å². The second kappa shape index (κ2) is 7.55. The van der Waals surface area contributed by atoms with Crippen LogP contribution < -0.4 is 5.32 Å². The molecule has 2 N–H and O–H groups in total. The summed E-state index contributed by atoms with van der Waals surface area (Å²) >= 11 is 0. The highest BCUT2D eigenvalue weighted by atomic mass is 16.3. The van der Waals surface area contributed by atoms with Crippen molar-refractivity contribution in [3.63, 3.8) is 0 Å². The zero-order chi connectivity index (χ0) is 13.4. The Morgan fingerprint density at radius 3 is 2.11 bits per heavy atom. The molecule has 1 aromatic carbocycles. The summed E-state index contributed by atoms with van der Waals surface area (Å²) in [6.07, 6.45) is 4.21. The lowest BCUT2D eigenvalue weighted by atomic mass is 10.0. The SMILES string of the molecule is CCCc1ccc(CCNC(C)(C)CCO)cc1. The standard InChI is InChI=1S/C16H27NO/c1-4-5-14-6-8-15(9-7-14)10-12-17-16(2,3)11-13-18/h6-9,17-18H,4-5,10-13H2,1-3H3. The largest absolute Gasteiger partial charge is 0.396 e. The molecule has 0 fully saturated rings. The van der Waals surface area contributed by atoms with Crippen molar-refractivity contribution in [1.29, 1.82) is 0 Å². The first-order valence-corrected chi connectivity index (χ1v) is 7.01. The summed E-state index contributed by atoms with van der Waals surface area (Å²) in [6, 6.07) is 8.92. The molecule has 18 heavy (non-hydrogen) atoms. The lowest BCUT2D eigenvalue weighted by Gasteiger charge is -2.25. The molecule has 1 aromatic rings. The maximum absolute atomic E-state index is 8.96. The topological polar surface area (TPSA) is 32.3 Å². The van der Waals surface area contributed by atoms with Gasteiger partial charge in [0.25, 0.3) is 0 Å². The second-order valence-electron chi connectivity index (χ2n) is 5.60. The molecule has 2 nitrogen and oxygen atoms in total. The number of aryl methyl sites for hydroxylation is 1. The van der Waals surface area contributed by atoms with E-state index in [0.717, 1.165) is 19.4 Å². The molecule has 0 atom stereocenters. The summed E-state index contributed by atoms with van der Waals surface area (Å²) in [5, 5.41) is 12.4. The summed E-state index contributed by atoms with van der Waals surface area (Å²) in [5.74, 6) is 0.